The molecule has 6 nitrogen and oxygen atoms in total. The molecule has 1 unspecified atom stereocenters. The number of carbonyl (C=O) groups excluding carboxylic acids is 1. The monoisotopic (exact) mass is 443 g/mol. The van der Waals surface area contributed by atoms with Crippen molar-refractivity contribution in [3.63, 3.8) is 0 Å². The molecule has 1 saturated heterocycles. The van der Waals surface area contributed by atoms with Crippen LogP contribution < -0.4 is 4.80 Å². The molecule has 134 valence electrons. The average Bonchev–Trinajstić information content (AvgIpc) is 3.13. The normalized spacial score (nSPS) is 19.6. The zero-order valence-corrected chi connectivity index (χ0v) is 16.9. The second kappa shape index (κ2) is 7.14. The minimum atomic E-state index is -3.41. The lowest BCUT2D eigenvalue weighted by atomic mass is 10.2. The fourth-order valence-electron chi connectivity index (χ4n) is 2.99. The molecule has 2 aromatic rings. The molecule has 0 radical (unpaired) electrons. The molecule has 9 heteroatoms. The molecule has 0 spiro atoms. The number of sulfonamides is 1. The Labute approximate surface area is 158 Å². The van der Waals surface area contributed by atoms with Crippen LogP contribution in [0.1, 0.15) is 12.8 Å². The van der Waals surface area contributed by atoms with Crippen LogP contribution in [0.4, 0.5) is 0 Å². The predicted molar refractivity (Wildman–Crippen MR) is 103 cm³/mol. The number of aromatic nitrogens is 1. The summed E-state index contributed by atoms with van der Waals surface area (Å²) in [5, 5.41) is 0. The number of nitrogens with zero attached hydrogens (tertiary/aromatic N) is 3. The van der Waals surface area contributed by atoms with Gasteiger partial charge in [-0.25, -0.2) is 8.42 Å². The van der Waals surface area contributed by atoms with Gasteiger partial charge in [-0.15, -0.1) is 6.58 Å². The van der Waals surface area contributed by atoms with Crippen molar-refractivity contribution >= 4 is 53.4 Å². The van der Waals surface area contributed by atoms with E-state index in [-0.39, 0.29) is 0 Å². The highest BCUT2D eigenvalue weighted by atomic mass is 79.9. The minimum Gasteiger partial charge on any atom is -0.313 e. The lowest BCUT2D eigenvalue weighted by Gasteiger charge is -2.18. The summed E-state index contributed by atoms with van der Waals surface area (Å²) in [6.07, 6.45) is 4.06. The summed E-state index contributed by atoms with van der Waals surface area (Å²) >= 11 is 4.85. The van der Waals surface area contributed by atoms with Crippen molar-refractivity contribution in [2.45, 2.75) is 25.4 Å². The van der Waals surface area contributed by atoms with E-state index >= 15 is 0 Å². The second-order valence-corrected chi connectivity index (χ2v) is 9.74. The second-order valence-electron chi connectivity index (χ2n) is 5.88. The van der Waals surface area contributed by atoms with Gasteiger partial charge in [0.2, 0.25) is 10.0 Å². The molecule has 25 heavy (non-hydrogen) atoms. The molecule has 0 bridgehead atoms. The number of fused-ring (bicyclic) bond motifs is 1. The number of hydrogen-bond donors (Lipinski definition) is 0. The van der Waals surface area contributed by atoms with Crippen molar-refractivity contribution < 1.29 is 13.2 Å². The van der Waals surface area contributed by atoms with Gasteiger partial charge < -0.3 is 4.57 Å². The molecule has 0 N–H and O–H groups in total. The Bertz CT molecular complexity index is 1010. The van der Waals surface area contributed by atoms with Crippen molar-refractivity contribution in [3.8, 4) is 0 Å². The lowest BCUT2D eigenvalue weighted by molar-refractivity contribution is -0.121. The molecule has 0 aliphatic carbocycles. The first-order chi connectivity index (χ1) is 11.8. The summed E-state index contributed by atoms with van der Waals surface area (Å²) in [6.45, 7) is 4.66. The number of benzene rings is 1. The maximum atomic E-state index is 12.7. The van der Waals surface area contributed by atoms with E-state index in [0.717, 1.165) is 20.9 Å². The van der Waals surface area contributed by atoms with Crippen LogP contribution in [0.25, 0.3) is 10.2 Å². The number of halogens is 1. The van der Waals surface area contributed by atoms with Crippen LogP contribution in [0.15, 0.2) is 40.3 Å². The van der Waals surface area contributed by atoms with Crippen molar-refractivity contribution in [1.29, 1.82) is 0 Å². The summed E-state index contributed by atoms with van der Waals surface area (Å²) in [5.74, 6) is -0.411. The fraction of sp³-hybridized carbons (Fsp3) is 0.375. The third kappa shape index (κ3) is 3.79. The molecule has 1 fully saturated rings. The van der Waals surface area contributed by atoms with Gasteiger partial charge in [0.05, 0.1) is 16.5 Å². The van der Waals surface area contributed by atoms with E-state index in [1.807, 2.05) is 22.8 Å². The van der Waals surface area contributed by atoms with E-state index in [1.54, 1.807) is 6.08 Å². The summed E-state index contributed by atoms with van der Waals surface area (Å²) in [7, 11) is -3.41. The summed E-state index contributed by atoms with van der Waals surface area (Å²) < 4.78 is 28.8. The quantitative estimate of drug-likeness (QED) is 0.681. The van der Waals surface area contributed by atoms with Crippen LogP contribution in [-0.4, -0.2) is 42.0 Å². The molecule has 1 aliphatic rings. The van der Waals surface area contributed by atoms with Crippen LogP contribution in [0.5, 0.6) is 0 Å². The molecular formula is C16H18BrN3O3S2. The summed E-state index contributed by atoms with van der Waals surface area (Å²) in [6, 6.07) is 5.16. The molecule has 3 rings (SSSR count). The summed E-state index contributed by atoms with van der Waals surface area (Å²) in [5.41, 5.74) is 0.964. The van der Waals surface area contributed by atoms with Crippen molar-refractivity contribution in [2.75, 3.05) is 12.8 Å². The zero-order valence-electron chi connectivity index (χ0n) is 13.7. The molecule has 1 aliphatic heterocycles. The van der Waals surface area contributed by atoms with Crippen LogP contribution in [-0.2, 0) is 21.4 Å². The number of carbonyl (C=O) groups is 1. The van der Waals surface area contributed by atoms with Gasteiger partial charge in [0.1, 0.15) is 6.04 Å². The van der Waals surface area contributed by atoms with Gasteiger partial charge in [0.25, 0.3) is 5.91 Å². The SMILES string of the molecule is C=CCn1c(=NC(=O)C2CCCN2S(C)(=O)=O)sc2cc(Br)ccc21. The zero-order chi connectivity index (χ0) is 18.2. The molecule has 1 aromatic heterocycles. The molecule has 1 atom stereocenters. The number of allylic oxidation sites excluding steroid dienone is 1. The molecule has 1 amide bonds. The Morgan fingerprint density at radius 1 is 1.52 bits per heavy atom. The van der Waals surface area contributed by atoms with E-state index < -0.39 is 22.0 Å². The van der Waals surface area contributed by atoms with E-state index in [4.69, 9.17) is 0 Å². The van der Waals surface area contributed by atoms with Gasteiger partial charge in [-0.1, -0.05) is 33.3 Å². The van der Waals surface area contributed by atoms with E-state index in [2.05, 4.69) is 27.5 Å². The maximum absolute atomic E-state index is 12.7. The first kappa shape index (κ1) is 18.5. The van der Waals surface area contributed by atoms with Crippen LogP contribution in [0.3, 0.4) is 0 Å². The first-order valence-corrected chi connectivity index (χ1v) is 11.2. The Kier molecular flexibility index (Phi) is 5.29. The average molecular weight is 444 g/mol. The lowest BCUT2D eigenvalue weighted by Crippen LogP contribution is -2.39. The van der Waals surface area contributed by atoms with Crippen LogP contribution in [0, 0.1) is 0 Å². The Morgan fingerprint density at radius 2 is 2.28 bits per heavy atom. The highest BCUT2D eigenvalue weighted by molar-refractivity contribution is 9.10. The molecule has 0 saturated carbocycles. The Balaban J connectivity index is 2.07. The maximum Gasteiger partial charge on any atom is 0.266 e. The highest BCUT2D eigenvalue weighted by Crippen LogP contribution is 2.24. The molecule has 1 aromatic carbocycles. The van der Waals surface area contributed by atoms with Gasteiger partial charge in [-0.2, -0.15) is 9.30 Å². The Morgan fingerprint density at radius 3 is 2.96 bits per heavy atom. The van der Waals surface area contributed by atoms with E-state index in [0.29, 0.717) is 30.7 Å². The van der Waals surface area contributed by atoms with Gasteiger partial charge in [0, 0.05) is 17.6 Å². The number of thiazole rings is 1. The number of rotatable bonds is 4. The van der Waals surface area contributed by atoms with Crippen molar-refractivity contribution in [2.24, 2.45) is 4.99 Å². The highest BCUT2D eigenvalue weighted by Gasteiger charge is 2.36. The summed E-state index contributed by atoms with van der Waals surface area (Å²) in [4.78, 5) is 17.5. The largest absolute Gasteiger partial charge is 0.313 e. The van der Waals surface area contributed by atoms with Crippen molar-refractivity contribution in [3.05, 3.63) is 40.1 Å². The third-order valence-corrected chi connectivity index (χ3v) is 6.90. The van der Waals surface area contributed by atoms with Gasteiger partial charge in [0.15, 0.2) is 4.80 Å². The first-order valence-electron chi connectivity index (χ1n) is 7.76. The van der Waals surface area contributed by atoms with Crippen LogP contribution >= 0.6 is 27.3 Å². The fourth-order valence-corrected chi connectivity index (χ4v) is 5.71. The van der Waals surface area contributed by atoms with Gasteiger partial charge in [-0.3, -0.25) is 4.79 Å². The third-order valence-electron chi connectivity index (χ3n) is 4.08. The number of amides is 1. The Hall–Kier alpha value is -1.29. The van der Waals surface area contributed by atoms with Crippen LogP contribution in [0.2, 0.25) is 0 Å². The molecule has 2 heterocycles. The van der Waals surface area contributed by atoms with Crippen molar-refractivity contribution in [1.82, 2.24) is 8.87 Å². The number of hydrogen-bond acceptors (Lipinski definition) is 4. The van der Waals surface area contributed by atoms with E-state index in [9.17, 15) is 13.2 Å². The van der Waals surface area contributed by atoms with E-state index in [1.165, 1.54) is 15.6 Å². The van der Waals surface area contributed by atoms with Gasteiger partial charge in [-0.05, 0) is 31.0 Å². The predicted octanol–water partition coefficient (Wildman–Crippen LogP) is 2.50. The molecular weight excluding hydrogens is 426 g/mol. The minimum absolute atomic E-state index is 0.372. The van der Waals surface area contributed by atoms with Gasteiger partial charge >= 0.3 is 0 Å². The topological polar surface area (TPSA) is 71.7 Å². The standard InChI is InChI=1S/C16H18BrN3O3S2/c1-3-8-19-12-7-6-11(17)10-14(12)24-16(19)18-15(21)13-5-4-9-20(13)25(2,22)23/h3,6-7,10,13H,1,4-5,8-9H2,2H3. The smallest absolute Gasteiger partial charge is 0.266 e.